The van der Waals surface area contributed by atoms with Crippen LogP contribution in [0.15, 0.2) is 24.3 Å². The highest BCUT2D eigenvalue weighted by Crippen LogP contribution is 2.42. The lowest BCUT2D eigenvalue weighted by atomic mass is 9.74. The molecule has 1 rings (SSSR count). The van der Waals surface area contributed by atoms with Crippen LogP contribution in [0.5, 0.6) is 0 Å². The Morgan fingerprint density at radius 2 is 1.85 bits per heavy atom. The van der Waals surface area contributed by atoms with Gasteiger partial charge in [0.15, 0.2) is 5.60 Å². The van der Waals surface area contributed by atoms with Crippen LogP contribution in [0.25, 0.3) is 0 Å². The monoisotopic (exact) mass is 288 g/mol. The van der Waals surface area contributed by atoms with Crippen molar-refractivity contribution in [1.29, 1.82) is 0 Å². The summed E-state index contributed by atoms with van der Waals surface area (Å²) in [6.45, 7) is 3.02. The Kier molecular flexibility index (Phi) is 4.50. The molecule has 1 aromatic rings. The quantitative estimate of drug-likeness (QED) is 0.660. The van der Waals surface area contributed by atoms with Gasteiger partial charge >= 0.3 is 6.18 Å². The van der Waals surface area contributed by atoms with Gasteiger partial charge in [0.25, 0.3) is 0 Å². The van der Waals surface area contributed by atoms with Crippen LogP contribution in [-0.4, -0.2) is 16.9 Å². The van der Waals surface area contributed by atoms with Gasteiger partial charge in [0.2, 0.25) is 0 Å². The molecule has 0 fully saturated rings. The molecule has 1 aromatic carbocycles. The van der Waals surface area contributed by atoms with Crippen LogP contribution in [-0.2, 0) is 5.41 Å². The lowest BCUT2D eigenvalue weighted by Gasteiger charge is -2.37. The molecule has 20 heavy (non-hydrogen) atoms. The molecule has 0 saturated carbocycles. The molecule has 0 aliphatic rings. The average molecular weight is 288 g/mol. The minimum atomic E-state index is -4.84. The molecule has 110 valence electrons. The summed E-state index contributed by atoms with van der Waals surface area (Å²) in [5.74, 6) is 1.32. The molecule has 0 heterocycles. The summed E-state index contributed by atoms with van der Waals surface area (Å²) >= 11 is 0. The van der Waals surface area contributed by atoms with E-state index < -0.39 is 35.9 Å². The van der Waals surface area contributed by atoms with E-state index in [2.05, 4.69) is 0 Å². The number of terminal acetylenes is 1. The lowest BCUT2D eigenvalue weighted by molar-refractivity contribution is -0.264. The zero-order valence-corrected chi connectivity index (χ0v) is 11.3. The number of alkyl halides is 3. The summed E-state index contributed by atoms with van der Waals surface area (Å²) in [4.78, 5) is 0. The molecule has 0 saturated heterocycles. The summed E-state index contributed by atoms with van der Waals surface area (Å²) < 4.78 is 52.2. The Bertz CT molecular complexity index is 513. The van der Waals surface area contributed by atoms with Gasteiger partial charge in [0.05, 0.1) is 0 Å². The van der Waals surface area contributed by atoms with Gasteiger partial charge in [-0.05, 0) is 29.5 Å². The van der Waals surface area contributed by atoms with Crippen molar-refractivity contribution >= 4 is 0 Å². The molecule has 0 bridgehead atoms. The van der Waals surface area contributed by atoms with Crippen molar-refractivity contribution in [2.75, 3.05) is 0 Å². The molecule has 0 aromatic heterocycles. The van der Waals surface area contributed by atoms with Gasteiger partial charge in [-0.3, -0.25) is 0 Å². The second-order valence-electron chi connectivity index (χ2n) is 5.48. The third-order valence-electron chi connectivity index (χ3n) is 3.26. The molecule has 1 atom stereocenters. The van der Waals surface area contributed by atoms with Crippen LogP contribution in [0.2, 0.25) is 0 Å². The fourth-order valence-electron chi connectivity index (χ4n) is 2.17. The summed E-state index contributed by atoms with van der Waals surface area (Å²) in [7, 11) is 0. The smallest absolute Gasteiger partial charge is 0.380 e. The number of hydrogen-bond donors (Lipinski definition) is 1. The van der Waals surface area contributed by atoms with Gasteiger partial charge in [0, 0.05) is 6.42 Å². The summed E-state index contributed by atoms with van der Waals surface area (Å²) in [6, 6.07) is 5.31. The van der Waals surface area contributed by atoms with Crippen LogP contribution in [0, 0.1) is 18.2 Å². The van der Waals surface area contributed by atoms with E-state index in [1.165, 1.54) is 32.0 Å². The third kappa shape index (κ3) is 3.51. The van der Waals surface area contributed by atoms with Crippen LogP contribution in [0.3, 0.4) is 0 Å². The van der Waals surface area contributed by atoms with Crippen LogP contribution < -0.4 is 0 Å². The summed E-state index contributed by atoms with van der Waals surface area (Å²) in [6.07, 6.45) is -1.40. The average Bonchev–Trinajstić information content (AvgIpc) is 2.27. The second-order valence-corrected chi connectivity index (χ2v) is 5.48. The highest BCUT2D eigenvalue weighted by molar-refractivity contribution is 5.25. The largest absolute Gasteiger partial charge is 0.418 e. The fraction of sp³-hybridized carbons (Fsp3) is 0.467. The molecule has 0 amide bonds. The van der Waals surface area contributed by atoms with E-state index in [9.17, 15) is 22.7 Å². The molecule has 0 radical (unpaired) electrons. The normalized spacial score (nSPS) is 15.5. The van der Waals surface area contributed by atoms with Crippen molar-refractivity contribution in [2.45, 2.75) is 43.9 Å². The first-order chi connectivity index (χ1) is 9.02. The maximum atomic E-state index is 13.2. The van der Waals surface area contributed by atoms with E-state index in [1.54, 1.807) is 0 Å². The molecule has 5 heteroatoms. The van der Waals surface area contributed by atoms with Gasteiger partial charge in [-0.2, -0.15) is 13.2 Å². The van der Waals surface area contributed by atoms with E-state index in [-0.39, 0.29) is 0 Å². The Balaban J connectivity index is 3.13. The van der Waals surface area contributed by atoms with Gasteiger partial charge in [0.1, 0.15) is 5.82 Å². The Morgan fingerprint density at radius 3 is 2.30 bits per heavy atom. The highest BCUT2D eigenvalue weighted by Gasteiger charge is 2.55. The number of benzene rings is 1. The molecular formula is C15H16F4O. The highest BCUT2D eigenvalue weighted by atomic mass is 19.4. The number of rotatable bonds is 4. The van der Waals surface area contributed by atoms with E-state index in [0.717, 1.165) is 6.07 Å². The van der Waals surface area contributed by atoms with Crippen molar-refractivity contribution in [1.82, 2.24) is 0 Å². The number of hydrogen-bond acceptors (Lipinski definition) is 1. The van der Waals surface area contributed by atoms with Crippen LogP contribution >= 0.6 is 0 Å². The topological polar surface area (TPSA) is 20.2 Å². The SMILES string of the molecule is C#CCC(O)(CC(C)(C)c1cccc(F)c1)C(F)(F)F. The molecule has 1 N–H and O–H groups in total. The van der Waals surface area contributed by atoms with Crippen molar-refractivity contribution in [3.05, 3.63) is 35.6 Å². The first-order valence-corrected chi connectivity index (χ1v) is 6.00. The van der Waals surface area contributed by atoms with E-state index in [4.69, 9.17) is 6.42 Å². The predicted octanol–water partition coefficient (Wildman–Crippen LogP) is 3.81. The first-order valence-electron chi connectivity index (χ1n) is 6.00. The fourth-order valence-corrected chi connectivity index (χ4v) is 2.17. The molecule has 1 unspecified atom stereocenters. The van der Waals surface area contributed by atoms with Gasteiger partial charge in [-0.25, -0.2) is 4.39 Å². The maximum Gasteiger partial charge on any atom is 0.418 e. The standard InChI is InChI=1S/C15H16F4O/c1-4-8-14(20,15(17,18)19)10-13(2,3)11-6-5-7-12(16)9-11/h1,5-7,9,20H,8,10H2,2-3H3. The molecule has 1 nitrogen and oxygen atoms in total. The minimum absolute atomic E-state index is 0.372. The molecule has 0 spiro atoms. The maximum absolute atomic E-state index is 13.2. The van der Waals surface area contributed by atoms with Crippen molar-refractivity contribution in [3.8, 4) is 12.3 Å². The van der Waals surface area contributed by atoms with E-state index in [1.807, 2.05) is 5.92 Å². The second kappa shape index (κ2) is 5.45. The van der Waals surface area contributed by atoms with E-state index in [0.29, 0.717) is 5.56 Å². The number of halogens is 4. The zero-order chi connectivity index (χ0) is 15.6. The van der Waals surface area contributed by atoms with Crippen molar-refractivity contribution < 1.29 is 22.7 Å². The molecular weight excluding hydrogens is 272 g/mol. The predicted molar refractivity (Wildman–Crippen MR) is 68.5 cm³/mol. The molecule has 0 aliphatic carbocycles. The summed E-state index contributed by atoms with van der Waals surface area (Å²) in [5, 5.41) is 9.85. The lowest BCUT2D eigenvalue weighted by Crippen LogP contribution is -2.48. The first kappa shape index (κ1) is 16.5. The molecule has 0 aliphatic heterocycles. The Labute approximate surface area is 115 Å². The van der Waals surface area contributed by atoms with E-state index >= 15 is 0 Å². The van der Waals surface area contributed by atoms with Crippen LogP contribution in [0.4, 0.5) is 17.6 Å². The minimum Gasteiger partial charge on any atom is -0.380 e. The van der Waals surface area contributed by atoms with Crippen LogP contribution in [0.1, 0.15) is 32.3 Å². The van der Waals surface area contributed by atoms with Crippen molar-refractivity contribution in [2.24, 2.45) is 0 Å². The Morgan fingerprint density at radius 1 is 1.25 bits per heavy atom. The van der Waals surface area contributed by atoms with Gasteiger partial charge < -0.3 is 5.11 Å². The Hall–Kier alpha value is -1.54. The van der Waals surface area contributed by atoms with Gasteiger partial charge in [-0.1, -0.05) is 26.0 Å². The van der Waals surface area contributed by atoms with Gasteiger partial charge in [-0.15, -0.1) is 12.3 Å². The zero-order valence-electron chi connectivity index (χ0n) is 11.3. The summed E-state index contributed by atoms with van der Waals surface area (Å²) in [5.41, 5.74) is -3.70. The number of aliphatic hydroxyl groups is 1. The van der Waals surface area contributed by atoms with Crippen molar-refractivity contribution in [3.63, 3.8) is 0 Å². The third-order valence-corrected chi connectivity index (χ3v) is 3.26.